The molecule has 4 heteroatoms. The molecule has 2 rings (SSSR count). The van der Waals surface area contributed by atoms with E-state index in [4.69, 9.17) is 5.11 Å². The number of fused-ring (bicyclic) bond motifs is 1. The first kappa shape index (κ1) is 8.62. The minimum atomic E-state index is -1.17. The molecule has 0 bridgehead atoms. The van der Waals surface area contributed by atoms with Gasteiger partial charge >= 0.3 is 6.09 Å². The zero-order valence-electron chi connectivity index (χ0n) is 7.56. The van der Waals surface area contributed by atoms with Gasteiger partial charge in [-0.25, -0.2) is 9.36 Å². The van der Waals surface area contributed by atoms with Crippen molar-refractivity contribution in [1.82, 2.24) is 4.57 Å². The number of hydrogen-bond acceptors (Lipinski definition) is 2. The number of aromatic hydroxyl groups is 1. The molecule has 0 fully saturated rings. The number of aromatic nitrogens is 1. The Labute approximate surface area is 80.0 Å². The smallest absolute Gasteiger partial charge is 0.418 e. The van der Waals surface area contributed by atoms with Crippen molar-refractivity contribution in [3.8, 4) is 5.88 Å². The summed E-state index contributed by atoms with van der Waals surface area (Å²) in [5.74, 6) is -0.217. The molecule has 0 saturated carbocycles. The maximum atomic E-state index is 10.8. The van der Waals surface area contributed by atoms with Crippen LogP contribution in [0.2, 0.25) is 0 Å². The molecule has 0 saturated heterocycles. The second kappa shape index (κ2) is 2.77. The van der Waals surface area contributed by atoms with Gasteiger partial charge in [0.2, 0.25) is 5.88 Å². The van der Waals surface area contributed by atoms with Crippen LogP contribution < -0.4 is 0 Å². The highest BCUT2D eigenvalue weighted by Gasteiger charge is 2.16. The van der Waals surface area contributed by atoms with E-state index in [0.717, 1.165) is 9.95 Å². The largest absolute Gasteiger partial charge is 0.494 e. The highest BCUT2D eigenvalue weighted by Crippen LogP contribution is 2.30. The fourth-order valence-electron chi connectivity index (χ4n) is 1.63. The minimum absolute atomic E-state index is 0.217. The molecule has 1 heterocycles. The Hall–Kier alpha value is -1.97. The average Bonchev–Trinajstić information content (AvgIpc) is 2.41. The molecule has 0 unspecified atom stereocenters. The lowest BCUT2D eigenvalue weighted by Gasteiger charge is -1.98. The summed E-state index contributed by atoms with van der Waals surface area (Å²) in [4.78, 5) is 10.8. The first-order valence-corrected chi connectivity index (χ1v) is 4.15. The molecule has 0 aliphatic heterocycles. The summed E-state index contributed by atoms with van der Waals surface area (Å²) in [5.41, 5.74) is 0.533. The molecule has 2 N–H and O–H groups in total. The summed E-state index contributed by atoms with van der Waals surface area (Å²) in [6.45, 7) is 1.66. The quantitative estimate of drug-likeness (QED) is 0.670. The van der Waals surface area contributed by atoms with E-state index >= 15 is 0 Å². The lowest BCUT2D eigenvalue weighted by Crippen LogP contribution is -2.08. The maximum absolute atomic E-state index is 10.8. The van der Waals surface area contributed by atoms with Gasteiger partial charge in [-0.2, -0.15) is 0 Å². The van der Waals surface area contributed by atoms with E-state index < -0.39 is 6.09 Å². The number of nitrogens with zero attached hydrogens (tertiary/aromatic N) is 1. The maximum Gasteiger partial charge on any atom is 0.418 e. The Morgan fingerprint density at radius 3 is 2.36 bits per heavy atom. The van der Waals surface area contributed by atoms with Crippen LogP contribution in [-0.4, -0.2) is 20.9 Å². The molecule has 2 aromatic rings. The highest BCUT2D eigenvalue weighted by molar-refractivity contribution is 5.95. The molecule has 1 aromatic carbocycles. The monoisotopic (exact) mass is 191 g/mol. The lowest BCUT2D eigenvalue weighted by atomic mass is 10.2. The number of carbonyl (C=O) groups is 1. The normalized spacial score (nSPS) is 10.6. The second-order valence-corrected chi connectivity index (χ2v) is 3.07. The summed E-state index contributed by atoms with van der Waals surface area (Å²) in [5, 5.41) is 19.8. The number of carboxylic acid groups (broad SMARTS) is 1. The van der Waals surface area contributed by atoms with Crippen LogP contribution in [0.5, 0.6) is 5.88 Å². The zero-order valence-corrected chi connectivity index (χ0v) is 7.56. The summed E-state index contributed by atoms with van der Waals surface area (Å²) >= 11 is 0. The van der Waals surface area contributed by atoms with Crippen molar-refractivity contribution < 1.29 is 15.0 Å². The Balaban J connectivity index is 2.92. The van der Waals surface area contributed by atoms with Crippen molar-refractivity contribution in [3.63, 3.8) is 0 Å². The minimum Gasteiger partial charge on any atom is -0.494 e. The second-order valence-electron chi connectivity index (χ2n) is 3.07. The van der Waals surface area contributed by atoms with Gasteiger partial charge in [-0.15, -0.1) is 0 Å². The third-order valence-corrected chi connectivity index (χ3v) is 2.30. The first-order valence-electron chi connectivity index (χ1n) is 4.15. The van der Waals surface area contributed by atoms with Gasteiger partial charge in [-0.1, -0.05) is 18.2 Å². The van der Waals surface area contributed by atoms with Crippen molar-refractivity contribution >= 4 is 16.9 Å². The van der Waals surface area contributed by atoms with E-state index in [-0.39, 0.29) is 5.88 Å². The van der Waals surface area contributed by atoms with Crippen molar-refractivity contribution in [2.24, 2.45) is 0 Å². The Morgan fingerprint density at radius 2 is 1.86 bits per heavy atom. The molecular formula is C10H9NO3. The molecule has 14 heavy (non-hydrogen) atoms. The molecular weight excluding hydrogens is 182 g/mol. The van der Waals surface area contributed by atoms with Crippen LogP contribution in [0.25, 0.3) is 10.8 Å². The third-order valence-electron chi connectivity index (χ3n) is 2.30. The van der Waals surface area contributed by atoms with E-state index in [1.54, 1.807) is 31.2 Å². The average molecular weight is 191 g/mol. The van der Waals surface area contributed by atoms with E-state index in [1.807, 2.05) is 0 Å². The Kier molecular flexibility index (Phi) is 1.70. The fourth-order valence-corrected chi connectivity index (χ4v) is 1.63. The first-order chi connectivity index (χ1) is 6.63. The van der Waals surface area contributed by atoms with Crippen LogP contribution in [0.3, 0.4) is 0 Å². The molecule has 0 radical (unpaired) electrons. The van der Waals surface area contributed by atoms with Crippen LogP contribution in [0.4, 0.5) is 4.79 Å². The van der Waals surface area contributed by atoms with Gasteiger partial charge in [0.1, 0.15) is 0 Å². The third kappa shape index (κ3) is 0.970. The van der Waals surface area contributed by atoms with Gasteiger partial charge < -0.3 is 10.2 Å². The fraction of sp³-hybridized carbons (Fsp3) is 0.100. The molecule has 0 aliphatic rings. The molecule has 0 amide bonds. The summed E-state index contributed by atoms with van der Waals surface area (Å²) in [6.07, 6.45) is -1.17. The standard InChI is InChI=1S/C10H9NO3/c1-6-7-4-2-3-5-8(7)9(12)11(6)10(13)14/h2-5,12H,1H3,(H,13,14). The summed E-state index contributed by atoms with van der Waals surface area (Å²) < 4.78 is 0.880. The predicted octanol–water partition coefficient (Wildman–Crippen LogP) is 2.18. The highest BCUT2D eigenvalue weighted by atomic mass is 16.4. The van der Waals surface area contributed by atoms with Crippen molar-refractivity contribution in [1.29, 1.82) is 0 Å². The molecule has 1 aromatic heterocycles. The van der Waals surface area contributed by atoms with Crippen LogP contribution in [0.15, 0.2) is 24.3 Å². The molecule has 0 aliphatic carbocycles. The van der Waals surface area contributed by atoms with Crippen molar-refractivity contribution in [2.45, 2.75) is 6.92 Å². The Bertz CT molecular complexity index is 474. The van der Waals surface area contributed by atoms with E-state index in [0.29, 0.717) is 11.1 Å². The van der Waals surface area contributed by atoms with Gasteiger partial charge in [0.15, 0.2) is 0 Å². The van der Waals surface area contributed by atoms with Gasteiger partial charge in [-0.05, 0) is 13.0 Å². The SMILES string of the molecule is Cc1c2ccccc2c(O)n1C(=O)O. The van der Waals surface area contributed by atoms with Crippen molar-refractivity contribution in [3.05, 3.63) is 30.0 Å². The topological polar surface area (TPSA) is 62.5 Å². The van der Waals surface area contributed by atoms with E-state index in [9.17, 15) is 9.90 Å². The molecule has 0 spiro atoms. The van der Waals surface area contributed by atoms with Crippen LogP contribution in [-0.2, 0) is 0 Å². The predicted molar refractivity (Wildman–Crippen MR) is 51.8 cm³/mol. The van der Waals surface area contributed by atoms with Crippen LogP contribution in [0.1, 0.15) is 5.69 Å². The van der Waals surface area contributed by atoms with Gasteiger partial charge in [0.25, 0.3) is 0 Å². The van der Waals surface area contributed by atoms with Gasteiger partial charge in [0, 0.05) is 16.5 Å². The van der Waals surface area contributed by atoms with Gasteiger partial charge in [0.05, 0.1) is 0 Å². The lowest BCUT2D eigenvalue weighted by molar-refractivity contribution is 0.193. The van der Waals surface area contributed by atoms with Gasteiger partial charge in [-0.3, -0.25) is 0 Å². The van der Waals surface area contributed by atoms with E-state index in [2.05, 4.69) is 0 Å². The molecule has 4 nitrogen and oxygen atoms in total. The molecule has 72 valence electrons. The Morgan fingerprint density at radius 1 is 1.29 bits per heavy atom. The zero-order chi connectivity index (χ0) is 10.3. The number of hydrogen-bond donors (Lipinski definition) is 2. The number of aryl methyl sites for hydroxylation is 1. The van der Waals surface area contributed by atoms with Crippen LogP contribution >= 0.6 is 0 Å². The van der Waals surface area contributed by atoms with Crippen LogP contribution in [0, 0.1) is 6.92 Å². The number of benzene rings is 1. The van der Waals surface area contributed by atoms with Crippen molar-refractivity contribution in [2.75, 3.05) is 0 Å². The molecule has 0 atom stereocenters. The number of rotatable bonds is 0. The van der Waals surface area contributed by atoms with E-state index in [1.165, 1.54) is 0 Å². The summed E-state index contributed by atoms with van der Waals surface area (Å²) in [6, 6.07) is 7.04. The summed E-state index contributed by atoms with van der Waals surface area (Å²) in [7, 11) is 0.